The zero-order valence-corrected chi connectivity index (χ0v) is 9.06. The van der Waals surface area contributed by atoms with Crippen LogP contribution in [0, 0.1) is 5.92 Å². The number of nitrogens with zero attached hydrogens (tertiary/aromatic N) is 1. The molecule has 0 amide bonds. The summed E-state index contributed by atoms with van der Waals surface area (Å²) in [6.07, 6.45) is 3.06. The molecule has 6 nitrogen and oxygen atoms in total. The molecule has 0 saturated heterocycles. The highest BCUT2D eigenvalue weighted by Crippen LogP contribution is 2.32. The topological polar surface area (TPSA) is 87.2 Å². The zero-order chi connectivity index (χ0) is 11.5. The molecular weight excluding hydrogens is 210 g/mol. The molecule has 0 aliphatic heterocycles. The maximum atomic E-state index is 11.3. The van der Waals surface area contributed by atoms with Crippen LogP contribution in [-0.2, 0) is 0 Å². The molecule has 1 fully saturated rings. The summed E-state index contributed by atoms with van der Waals surface area (Å²) in [5, 5.41) is 12.6. The second-order valence-corrected chi connectivity index (χ2v) is 3.90. The molecule has 3 N–H and O–H groups in total. The maximum Gasteiger partial charge on any atom is 0.295 e. The van der Waals surface area contributed by atoms with Gasteiger partial charge in [-0.25, -0.2) is 4.98 Å². The number of hydrogen-bond donors (Lipinski definition) is 3. The predicted molar refractivity (Wildman–Crippen MR) is 58.6 cm³/mol. The van der Waals surface area contributed by atoms with E-state index in [1.807, 2.05) is 0 Å². The Kier molecular flexibility index (Phi) is 3.09. The van der Waals surface area contributed by atoms with Gasteiger partial charge in [0.05, 0.1) is 19.5 Å². The smallest absolute Gasteiger partial charge is 0.295 e. The van der Waals surface area contributed by atoms with Crippen molar-refractivity contribution in [2.75, 3.05) is 19.0 Å². The highest BCUT2D eigenvalue weighted by atomic mass is 16.5. The number of aromatic amines is 1. The monoisotopic (exact) mass is 225 g/mol. The molecule has 1 aromatic heterocycles. The first-order valence-electron chi connectivity index (χ1n) is 5.26. The fraction of sp³-hybridized carbons (Fsp3) is 0.600. The van der Waals surface area contributed by atoms with Crippen molar-refractivity contribution >= 4 is 5.82 Å². The van der Waals surface area contributed by atoms with Gasteiger partial charge in [-0.1, -0.05) is 0 Å². The molecule has 6 heteroatoms. The number of aliphatic hydroxyl groups excluding tert-OH is 1. The van der Waals surface area contributed by atoms with Crippen molar-refractivity contribution < 1.29 is 9.84 Å². The first-order valence-corrected chi connectivity index (χ1v) is 5.26. The van der Waals surface area contributed by atoms with Crippen LogP contribution in [-0.4, -0.2) is 34.8 Å². The van der Waals surface area contributed by atoms with E-state index in [0.29, 0.717) is 18.3 Å². The number of anilines is 1. The predicted octanol–water partition coefficient (Wildman–Crippen LogP) is -0.0387. The third-order valence-corrected chi connectivity index (χ3v) is 2.66. The van der Waals surface area contributed by atoms with Crippen LogP contribution in [0.15, 0.2) is 11.1 Å². The molecule has 16 heavy (non-hydrogen) atoms. The molecule has 0 radical (unpaired) electrons. The molecule has 1 unspecified atom stereocenters. The SMILES string of the molecule is COc1c(NCC(O)C2CC2)nc[nH]c1=O. The fourth-order valence-electron chi connectivity index (χ4n) is 1.55. The molecule has 1 saturated carbocycles. The zero-order valence-electron chi connectivity index (χ0n) is 9.06. The highest BCUT2D eigenvalue weighted by molar-refractivity contribution is 5.47. The van der Waals surface area contributed by atoms with Crippen molar-refractivity contribution in [3.05, 3.63) is 16.7 Å². The standard InChI is InChI=1S/C10H15N3O3/c1-16-8-9(12-5-13-10(8)15)11-4-7(14)6-2-3-6/h5-7,14H,2-4H2,1H3,(H2,11,12,13,15). The van der Waals surface area contributed by atoms with E-state index < -0.39 is 0 Å². The minimum atomic E-state index is -0.384. The van der Waals surface area contributed by atoms with Crippen LogP contribution in [0.5, 0.6) is 5.75 Å². The Bertz CT molecular complexity index is 414. The number of aromatic nitrogens is 2. The van der Waals surface area contributed by atoms with Crippen molar-refractivity contribution in [3.63, 3.8) is 0 Å². The Hall–Kier alpha value is -1.56. The molecule has 0 bridgehead atoms. The van der Waals surface area contributed by atoms with Gasteiger partial charge >= 0.3 is 0 Å². The van der Waals surface area contributed by atoms with Crippen LogP contribution in [0.3, 0.4) is 0 Å². The number of H-pyrrole nitrogens is 1. The molecule has 0 aromatic carbocycles. The summed E-state index contributed by atoms with van der Waals surface area (Å²) in [4.78, 5) is 17.7. The summed E-state index contributed by atoms with van der Waals surface area (Å²) in [5.74, 6) is 0.900. The second kappa shape index (κ2) is 4.52. The lowest BCUT2D eigenvalue weighted by molar-refractivity contribution is 0.164. The van der Waals surface area contributed by atoms with Gasteiger partial charge in [0.1, 0.15) is 0 Å². The molecule has 0 spiro atoms. The Balaban J connectivity index is 2.02. The molecule has 1 aliphatic carbocycles. The van der Waals surface area contributed by atoms with E-state index in [-0.39, 0.29) is 17.4 Å². The van der Waals surface area contributed by atoms with Gasteiger partial charge in [-0.3, -0.25) is 4.79 Å². The first-order chi connectivity index (χ1) is 7.72. The highest BCUT2D eigenvalue weighted by Gasteiger charge is 2.29. The van der Waals surface area contributed by atoms with E-state index in [0.717, 1.165) is 12.8 Å². The number of methoxy groups -OCH3 is 1. The summed E-state index contributed by atoms with van der Waals surface area (Å²) in [6, 6.07) is 0. The van der Waals surface area contributed by atoms with Gasteiger partial charge < -0.3 is 20.1 Å². The molecule has 1 aliphatic rings. The lowest BCUT2D eigenvalue weighted by atomic mass is 10.2. The van der Waals surface area contributed by atoms with Crippen molar-refractivity contribution in [1.29, 1.82) is 0 Å². The summed E-state index contributed by atoms with van der Waals surface area (Å²) in [5.41, 5.74) is -0.332. The van der Waals surface area contributed by atoms with Crippen LogP contribution in [0.1, 0.15) is 12.8 Å². The van der Waals surface area contributed by atoms with Gasteiger partial charge in [0, 0.05) is 6.54 Å². The molecular formula is C10H15N3O3. The van der Waals surface area contributed by atoms with E-state index in [4.69, 9.17) is 4.74 Å². The van der Waals surface area contributed by atoms with E-state index in [1.54, 1.807) is 0 Å². The fourth-order valence-corrected chi connectivity index (χ4v) is 1.55. The van der Waals surface area contributed by atoms with E-state index in [9.17, 15) is 9.90 Å². The number of nitrogens with one attached hydrogen (secondary N) is 2. The minimum absolute atomic E-state index is 0.144. The van der Waals surface area contributed by atoms with E-state index in [2.05, 4.69) is 15.3 Å². The van der Waals surface area contributed by atoms with Crippen molar-refractivity contribution in [1.82, 2.24) is 9.97 Å². The first kappa shape index (κ1) is 10.9. The third kappa shape index (κ3) is 2.33. The summed E-state index contributed by atoms with van der Waals surface area (Å²) < 4.78 is 4.93. The van der Waals surface area contributed by atoms with Gasteiger partial charge in [0.25, 0.3) is 5.56 Å². The van der Waals surface area contributed by atoms with Gasteiger partial charge in [0.2, 0.25) is 5.75 Å². The second-order valence-electron chi connectivity index (χ2n) is 3.90. The van der Waals surface area contributed by atoms with Crippen LogP contribution in [0.4, 0.5) is 5.82 Å². The number of hydrogen-bond acceptors (Lipinski definition) is 5. The molecule has 1 aromatic rings. The van der Waals surface area contributed by atoms with Crippen LogP contribution in [0.2, 0.25) is 0 Å². The molecule has 88 valence electrons. The number of rotatable bonds is 5. The Morgan fingerprint density at radius 2 is 2.50 bits per heavy atom. The Labute approximate surface area is 92.7 Å². The van der Waals surface area contributed by atoms with Gasteiger partial charge in [0.15, 0.2) is 5.82 Å². The quantitative estimate of drug-likeness (QED) is 0.654. The van der Waals surface area contributed by atoms with Gasteiger partial charge in [-0.15, -0.1) is 0 Å². The van der Waals surface area contributed by atoms with Gasteiger partial charge in [-0.05, 0) is 18.8 Å². The maximum absolute atomic E-state index is 11.3. The Morgan fingerprint density at radius 3 is 3.12 bits per heavy atom. The minimum Gasteiger partial charge on any atom is -0.489 e. The summed E-state index contributed by atoms with van der Waals surface area (Å²) >= 11 is 0. The van der Waals surface area contributed by atoms with Crippen LogP contribution >= 0.6 is 0 Å². The summed E-state index contributed by atoms with van der Waals surface area (Å²) in [7, 11) is 1.41. The van der Waals surface area contributed by atoms with Crippen molar-refractivity contribution in [3.8, 4) is 5.75 Å². The summed E-state index contributed by atoms with van der Waals surface area (Å²) in [6.45, 7) is 0.386. The van der Waals surface area contributed by atoms with Crippen LogP contribution < -0.4 is 15.6 Å². The van der Waals surface area contributed by atoms with E-state index in [1.165, 1.54) is 13.4 Å². The largest absolute Gasteiger partial charge is 0.489 e. The molecule has 2 rings (SSSR count). The lowest BCUT2D eigenvalue weighted by Gasteiger charge is -2.12. The van der Waals surface area contributed by atoms with Crippen molar-refractivity contribution in [2.24, 2.45) is 5.92 Å². The number of aliphatic hydroxyl groups is 1. The normalized spacial score (nSPS) is 16.9. The Morgan fingerprint density at radius 1 is 1.75 bits per heavy atom. The van der Waals surface area contributed by atoms with Gasteiger partial charge in [-0.2, -0.15) is 0 Å². The third-order valence-electron chi connectivity index (χ3n) is 2.66. The number of ether oxygens (including phenoxy) is 1. The molecule has 1 atom stereocenters. The average molecular weight is 225 g/mol. The van der Waals surface area contributed by atoms with Crippen molar-refractivity contribution in [2.45, 2.75) is 18.9 Å². The van der Waals surface area contributed by atoms with Crippen LogP contribution in [0.25, 0.3) is 0 Å². The molecule has 1 heterocycles. The van der Waals surface area contributed by atoms with E-state index >= 15 is 0 Å². The lowest BCUT2D eigenvalue weighted by Crippen LogP contribution is -2.23. The average Bonchev–Trinajstić information content (AvgIpc) is 3.09.